The molecule has 0 bridgehead atoms. The van der Waals surface area contributed by atoms with Gasteiger partial charge < -0.3 is 18.9 Å². The van der Waals surface area contributed by atoms with Crippen LogP contribution in [0.15, 0.2) is 328 Å². The molecule has 0 radical (unpaired) electrons. The summed E-state index contributed by atoms with van der Waals surface area (Å²) in [5.74, 6) is 0. The zero-order valence-electron chi connectivity index (χ0n) is 46.0. The van der Waals surface area contributed by atoms with Crippen LogP contribution >= 0.6 is 0 Å². The van der Waals surface area contributed by atoms with Crippen molar-refractivity contribution in [3.8, 4) is 44.8 Å². The fraction of sp³-hybridized carbons (Fsp3) is 0. The number of benzene rings is 14. The fourth-order valence-electron chi connectivity index (χ4n) is 13.0. The predicted octanol–water partition coefficient (Wildman–Crippen LogP) is 22.1. The molecule has 0 saturated carbocycles. The third-order valence-corrected chi connectivity index (χ3v) is 16.8. The van der Waals surface area contributed by atoms with Crippen LogP contribution in [-0.4, -0.2) is 9.13 Å². The Morgan fingerprint density at radius 1 is 0.190 bits per heavy atom. The Morgan fingerprint density at radius 2 is 0.512 bits per heavy atom. The van der Waals surface area contributed by atoms with Crippen molar-refractivity contribution in [3.63, 3.8) is 0 Å². The molecule has 0 amide bonds. The Bertz CT molecular complexity index is 4800. The van der Waals surface area contributed by atoms with Gasteiger partial charge in [0, 0.05) is 66.4 Å². The Morgan fingerprint density at radius 3 is 0.929 bits per heavy atom. The third-order valence-electron chi connectivity index (χ3n) is 16.8. The second kappa shape index (κ2) is 20.4. The Balaban J connectivity index is 0.982. The quantitative estimate of drug-likeness (QED) is 0.128. The van der Waals surface area contributed by atoms with E-state index in [1.54, 1.807) is 0 Å². The molecule has 0 aliphatic heterocycles. The highest BCUT2D eigenvalue weighted by molar-refractivity contribution is 6.12. The predicted molar refractivity (Wildman–Crippen MR) is 356 cm³/mol. The third kappa shape index (κ3) is 8.39. The first-order valence-electron chi connectivity index (χ1n) is 28.8. The molecular formula is C80H54N4. The van der Waals surface area contributed by atoms with Crippen LogP contribution in [0.25, 0.3) is 110 Å². The van der Waals surface area contributed by atoms with Crippen LogP contribution in [0.3, 0.4) is 0 Å². The number of fused-ring (bicyclic) bond motifs is 8. The highest BCUT2D eigenvalue weighted by atomic mass is 15.2. The van der Waals surface area contributed by atoms with Gasteiger partial charge in [-0.3, -0.25) is 0 Å². The molecule has 2 aromatic heterocycles. The minimum absolute atomic E-state index is 1.05. The second-order valence-electron chi connectivity index (χ2n) is 21.7. The Labute approximate surface area is 487 Å². The molecule has 84 heavy (non-hydrogen) atoms. The van der Waals surface area contributed by atoms with E-state index < -0.39 is 0 Å². The van der Waals surface area contributed by atoms with Gasteiger partial charge in [0.1, 0.15) is 0 Å². The summed E-state index contributed by atoms with van der Waals surface area (Å²) in [5.41, 5.74) is 20.1. The van der Waals surface area contributed by atoms with Gasteiger partial charge in [-0.25, -0.2) is 0 Å². The number of aromatic nitrogens is 2. The molecule has 0 aliphatic rings. The summed E-state index contributed by atoms with van der Waals surface area (Å²) in [6, 6.07) is 120. The molecule has 16 rings (SSSR count). The van der Waals surface area contributed by atoms with Crippen LogP contribution in [0.2, 0.25) is 0 Å². The van der Waals surface area contributed by atoms with Crippen LogP contribution in [0, 0.1) is 0 Å². The summed E-state index contributed by atoms with van der Waals surface area (Å²) in [5, 5.41) is 9.55. The SMILES string of the molecule is c1ccc(N(c2cc(-c3cc(-c4ccc5c(c4)c4ccccc4n5-c4ccccc4)cc(N(c4ccccc4)c4cccc5ccccc45)c3)cc(-c3ccc4c(c3)c3ccccc3n4-c3ccccc3)c2)c2cccc3ccccc23)cc1. The summed E-state index contributed by atoms with van der Waals surface area (Å²) in [4.78, 5) is 4.89. The normalized spacial score (nSPS) is 11.6. The van der Waals surface area contributed by atoms with Crippen LogP contribution < -0.4 is 9.80 Å². The summed E-state index contributed by atoms with van der Waals surface area (Å²) < 4.78 is 4.79. The van der Waals surface area contributed by atoms with Crippen molar-refractivity contribution >= 4 is 99.3 Å². The van der Waals surface area contributed by atoms with Crippen LogP contribution in [-0.2, 0) is 0 Å². The van der Waals surface area contributed by atoms with Crippen molar-refractivity contribution in [2.75, 3.05) is 9.80 Å². The van der Waals surface area contributed by atoms with Gasteiger partial charge in [-0.15, -0.1) is 0 Å². The zero-order valence-corrected chi connectivity index (χ0v) is 46.0. The molecule has 0 atom stereocenters. The summed E-state index contributed by atoms with van der Waals surface area (Å²) >= 11 is 0. The summed E-state index contributed by atoms with van der Waals surface area (Å²) in [6.07, 6.45) is 0. The minimum atomic E-state index is 1.05. The van der Waals surface area contributed by atoms with Crippen molar-refractivity contribution < 1.29 is 0 Å². The van der Waals surface area contributed by atoms with Gasteiger partial charge in [0.2, 0.25) is 0 Å². The molecular weight excluding hydrogens is 1020 g/mol. The molecule has 0 spiro atoms. The highest BCUT2D eigenvalue weighted by Crippen LogP contribution is 2.47. The molecule has 0 fully saturated rings. The highest BCUT2D eigenvalue weighted by Gasteiger charge is 2.23. The van der Waals surface area contributed by atoms with Crippen LogP contribution in [0.1, 0.15) is 0 Å². The van der Waals surface area contributed by atoms with Crippen molar-refractivity contribution in [1.82, 2.24) is 9.13 Å². The molecule has 0 aliphatic carbocycles. The maximum Gasteiger partial charge on any atom is 0.0541 e. The molecule has 2 heterocycles. The number of para-hydroxylation sites is 6. The number of hydrogen-bond acceptors (Lipinski definition) is 2. The average Bonchev–Trinajstić information content (AvgIpc) is 2.84. The first-order valence-corrected chi connectivity index (χ1v) is 28.8. The second-order valence-corrected chi connectivity index (χ2v) is 21.7. The molecule has 16 aromatic rings. The lowest BCUT2D eigenvalue weighted by Crippen LogP contribution is -2.11. The minimum Gasteiger partial charge on any atom is -0.310 e. The van der Waals surface area contributed by atoms with E-state index in [4.69, 9.17) is 0 Å². The van der Waals surface area contributed by atoms with Crippen molar-refractivity contribution in [1.29, 1.82) is 0 Å². The van der Waals surface area contributed by atoms with E-state index in [0.717, 1.165) is 78.9 Å². The van der Waals surface area contributed by atoms with Gasteiger partial charge >= 0.3 is 0 Å². The van der Waals surface area contributed by atoms with E-state index >= 15 is 0 Å². The molecule has 394 valence electrons. The number of anilines is 6. The van der Waals surface area contributed by atoms with E-state index in [9.17, 15) is 0 Å². The van der Waals surface area contributed by atoms with E-state index in [0.29, 0.717) is 0 Å². The molecule has 0 saturated heterocycles. The number of nitrogens with zero attached hydrogens (tertiary/aromatic N) is 4. The maximum absolute atomic E-state index is 2.45. The molecule has 14 aromatic carbocycles. The number of rotatable bonds is 11. The monoisotopic (exact) mass is 1070 g/mol. The molecule has 4 heteroatoms. The lowest BCUT2D eigenvalue weighted by atomic mass is 9.93. The van der Waals surface area contributed by atoms with Gasteiger partial charge in [0.05, 0.1) is 33.4 Å². The van der Waals surface area contributed by atoms with Crippen molar-refractivity contribution in [3.05, 3.63) is 328 Å². The first-order chi connectivity index (χ1) is 41.7. The van der Waals surface area contributed by atoms with E-state index in [1.807, 2.05) is 0 Å². The average molecular weight is 1070 g/mol. The van der Waals surface area contributed by atoms with Gasteiger partial charge in [-0.1, -0.05) is 194 Å². The standard InChI is InChI=1S/C80H54N4/c1-5-27-63(28-6-1)81(75-41-21-25-55-23-13-15-35-69(55)75)67-49-59(57-43-45-79-73(53-57)71-37-17-19-39-77(71)83(79)65-31-9-3-10-32-65)47-61(51-67)62-48-60(58-44-46-80-74(54-58)72-38-18-20-40-78(72)84(80)66-33-11-4-12-34-66)50-68(52-62)82(64-29-7-2-8-30-64)76-42-22-26-56-24-14-16-36-70(56)76/h1-54H. The van der Waals surface area contributed by atoms with Gasteiger partial charge in [-0.2, -0.15) is 0 Å². The van der Waals surface area contributed by atoms with Crippen LogP contribution in [0.4, 0.5) is 34.1 Å². The molecule has 0 N–H and O–H groups in total. The smallest absolute Gasteiger partial charge is 0.0541 e. The van der Waals surface area contributed by atoms with Crippen LogP contribution in [0.5, 0.6) is 0 Å². The van der Waals surface area contributed by atoms with Gasteiger partial charge in [0.15, 0.2) is 0 Å². The zero-order chi connectivity index (χ0) is 55.5. The Kier molecular flexibility index (Phi) is 11.8. The van der Waals surface area contributed by atoms with Gasteiger partial charge in [-0.05, 0) is 178 Å². The van der Waals surface area contributed by atoms with Crippen molar-refractivity contribution in [2.24, 2.45) is 0 Å². The topological polar surface area (TPSA) is 16.3 Å². The summed E-state index contributed by atoms with van der Waals surface area (Å²) in [6.45, 7) is 0. The number of hydrogen-bond donors (Lipinski definition) is 0. The molecule has 4 nitrogen and oxygen atoms in total. The van der Waals surface area contributed by atoms with E-state index in [1.165, 1.54) is 65.2 Å². The lowest BCUT2D eigenvalue weighted by Gasteiger charge is -2.29. The molecule has 0 unspecified atom stereocenters. The van der Waals surface area contributed by atoms with Gasteiger partial charge in [0.25, 0.3) is 0 Å². The largest absolute Gasteiger partial charge is 0.310 e. The lowest BCUT2D eigenvalue weighted by molar-refractivity contribution is 1.18. The van der Waals surface area contributed by atoms with E-state index in [-0.39, 0.29) is 0 Å². The fourth-order valence-corrected chi connectivity index (χ4v) is 13.0. The maximum atomic E-state index is 2.45. The van der Waals surface area contributed by atoms with Crippen molar-refractivity contribution in [2.45, 2.75) is 0 Å². The first kappa shape index (κ1) is 48.7. The Hall–Kier alpha value is -11.2. The summed E-state index contributed by atoms with van der Waals surface area (Å²) in [7, 11) is 0. The van der Waals surface area contributed by atoms with E-state index in [2.05, 4.69) is 347 Å².